The molecule has 4 rings (SSSR count). The first-order valence-electron chi connectivity index (χ1n) is 8.74. The van der Waals surface area contributed by atoms with Crippen molar-refractivity contribution >= 4 is 5.91 Å². The molecule has 1 atom stereocenters. The molecule has 1 heterocycles. The minimum absolute atomic E-state index is 0.0337. The summed E-state index contributed by atoms with van der Waals surface area (Å²) in [7, 11) is 0. The molecule has 2 fully saturated rings. The molecular formula is C19H22N2O3. The van der Waals surface area contributed by atoms with Gasteiger partial charge in [-0.25, -0.2) is 4.98 Å². The Labute approximate surface area is 141 Å². The van der Waals surface area contributed by atoms with E-state index in [1.165, 1.54) is 0 Å². The Kier molecular flexibility index (Phi) is 4.10. The van der Waals surface area contributed by atoms with Gasteiger partial charge < -0.3 is 14.8 Å². The second kappa shape index (κ2) is 6.40. The summed E-state index contributed by atoms with van der Waals surface area (Å²) in [6, 6.07) is 9.70. The van der Waals surface area contributed by atoms with Crippen LogP contribution in [0.1, 0.15) is 54.3 Å². The lowest BCUT2D eigenvalue weighted by Gasteiger charge is -2.16. The molecule has 2 aromatic rings. The van der Waals surface area contributed by atoms with E-state index in [1.807, 2.05) is 30.3 Å². The molecule has 0 aliphatic heterocycles. The van der Waals surface area contributed by atoms with Gasteiger partial charge in [0.15, 0.2) is 5.69 Å². The lowest BCUT2D eigenvalue weighted by atomic mass is 10.1. The smallest absolute Gasteiger partial charge is 0.273 e. The van der Waals surface area contributed by atoms with Gasteiger partial charge in [0.25, 0.3) is 5.91 Å². The number of hydrogen-bond acceptors (Lipinski definition) is 4. The number of aromatic nitrogens is 1. The normalized spacial score (nSPS) is 18.4. The van der Waals surface area contributed by atoms with E-state index in [2.05, 4.69) is 10.3 Å². The summed E-state index contributed by atoms with van der Waals surface area (Å²) < 4.78 is 5.94. The molecule has 0 saturated heterocycles. The third-order valence-electron chi connectivity index (χ3n) is 4.78. The van der Waals surface area contributed by atoms with Crippen LogP contribution >= 0.6 is 0 Å². The Hall–Kier alpha value is -2.14. The highest BCUT2D eigenvalue weighted by molar-refractivity contribution is 5.94. The van der Waals surface area contributed by atoms with E-state index < -0.39 is 0 Å². The Morgan fingerprint density at radius 3 is 2.62 bits per heavy atom. The van der Waals surface area contributed by atoms with Crippen molar-refractivity contribution < 1.29 is 14.3 Å². The summed E-state index contributed by atoms with van der Waals surface area (Å²) in [5.41, 5.74) is 1.30. The van der Waals surface area contributed by atoms with Crippen molar-refractivity contribution in [3.8, 4) is 11.5 Å². The molecule has 2 aliphatic rings. The molecule has 1 amide bonds. The predicted octanol–water partition coefficient (Wildman–Crippen LogP) is 3.11. The Bertz CT molecular complexity index is 717. The number of aliphatic hydroxyl groups excluding tert-OH is 1. The number of nitrogens with zero attached hydrogens (tertiary/aromatic N) is 1. The van der Waals surface area contributed by atoms with Crippen LogP contribution in [0.3, 0.4) is 0 Å². The van der Waals surface area contributed by atoms with E-state index in [0.717, 1.165) is 31.2 Å². The number of amides is 1. The summed E-state index contributed by atoms with van der Waals surface area (Å²) in [6.45, 7) is 0.0883. The fourth-order valence-corrected chi connectivity index (χ4v) is 3.12. The van der Waals surface area contributed by atoms with Crippen LogP contribution in [0.5, 0.6) is 0 Å². The van der Waals surface area contributed by atoms with Gasteiger partial charge in [0, 0.05) is 24.1 Å². The van der Waals surface area contributed by atoms with Gasteiger partial charge in [-0.05, 0) is 50.2 Å². The molecule has 5 heteroatoms. The fourth-order valence-electron chi connectivity index (χ4n) is 3.12. The fraction of sp³-hybridized carbons (Fsp3) is 0.474. The van der Waals surface area contributed by atoms with Crippen molar-refractivity contribution in [2.75, 3.05) is 6.61 Å². The van der Waals surface area contributed by atoms with Crippen LogP contribution in [-0.2, 0) is 0 Å². The molecule has 0 spiro atoms. The van der Waals surface area contributed by atoms with Crippen LogP contribution in [0.15, 0.2) is 34.7 Å². The van der Waals surface area contributed by atoms with Crippen molar-refractivity contribution in [3.63, 3.8) is 0 Å². The third kappa shape index (κ3) is 3.22. The second-order valence-corrected chi connectivity index (χ2v) is 6.80. The third-order valence-corrected chi connectivity index (χ3v) is 4.78. The number of rotatable bonds is 7. The minimum atomic E-state index is -0.173. The first-order valence-corrected chi connectivity index (χ1v) is 8.74. The lowest BCUT2D eigenvalue weighted by molar-refractivity contribution is 0.0917. The summed E-state index contributed by atoms with van der Waals surface area (Å²) in [5.74, 6) is 1.85. The number of carbonyl (C=O) groups excluding carboxylic acids is 1. The van der Waals surface area contributed by atoms with E-state index in [4.69, 9.17) is 4.42 Å². The van der Waals surface area contributed by atoms with Crippen LogP contribution in [0, 0.1) is 5.92 Å². The number of oxazole rings is 1. The monoisotopic (exact) mass is 326 g/mol. The Balaban J connectivity index is 1.59. The maximum atomic E-state index is 12.7. The number of hydrogen-bond donors (Lipinski definition) is 2. The van der Waals surface area contributed by atoms with Gasteiger partial charge in [0.05, 0.1) is 0 Å². The first kappa shape index (κ1) is 15.4. The maximum Gasteiger partial charge on any atom is 0.273 e. The number of carbonyl (C=O) groups is 1. The van der Waals surface area contributed by atoms with E-state index in [0.29, 0.717) is 35.6 Å². The first-order chi connectivity index (χ1) is 11.8. The molecule has 0 radical (unpaired) electrons. The molecule has 2 aliphatic carbocycles. The molecule has 2 N–H and O–H groups in total. The molecule has 126 valence electrons. The average Bonchev–Trinajstić information content (AvgIpc) is 3.52. The van der Waals surface area contributed by atoms with Crippen molar-refractivity contribution in [2.45, 2.75) is 44.1 Å². The van der Waals surface area contributed by atoms with Gasteiger partial charge in [-0.3, -0.25) is 4.79 Å². The Morgan fingerprint density at radius 2 is 2.00 bits per heavy atom. The SMILES string of the molecule is O=C(NC(CCO)C1CC1)c1nc(-c2ccccc2)oc1C1CC1. The second-order valence-electron chi connectivity index (χ2n) is 6.80. The molecule has 1 unspecified atom stereocenters. The highest BCUT2D eigenvalue weighted by Crippen LogP contribution is 2.43. The molecule has 0 bridgehead atoms. The number of nitrogens with one attached hydrogen (secondary N) is 1. The summed E-state index contributed by atoms with van der Waals surface area (Å²) in [5, 5.41) is 12.3. The van der Waals surface area contributed by atoms with Gasteiger partial charge >= 0.3 is 0 Å². The zero-order valence-electron chi connectivity index (χ0n) is 13.6. The van der Waals surface area contributed by atoms with Crippen LogP contribution in [0.4, 0.5) is 0 Å². The van der Waals surface area contributed by atoms with Crippen LogP contribution in [-0.4, -0.2) is 28.6 Å². The molecule has 1 aromatic carbocycles. The van der Waals surface area contributed by atoms with Gasteiger partial charge in [-0.2, -0.15) is 0 Å². The van der Waals surface area contributed by atoms with E-state index >= 15 is 0 Å². The van der Waals surface area contributed by atoms with E-state index in [9.17, 15) is 9.90 Å². The van der Waals surface area contributed by atoms with Crippen LogP contribution in [0.2, 0.25) is 0 Å². The number of benzene rings is 1. The molecule has 5 nitrogen and oxygen atoms in total. The summed E-state index contributed by atoms with van der Waals surface area (Å²) >= 11 is 0. The summed E-state index contributed by atoms with van der Waals surface area (Å²) in [4.78, 5) is 17.2. The van der Waals surface area contributed by atoms with Crippen molar-refractivity contribution in [1.82, 2.24) is 10.3 Å². The number of aliphatic hydroxyl groups is 1. The van der Waals surface area contributed by atoms with E-state index in [-0.39, 0.29) is 18.6 Å². The van der Waals surface area contributed by atoms with Gasteiger partial charge in [0.2, 0.25) is 5.89 Å². The largest absolute Gasteiger partial charge is 0.440 e. The van der Waals surface area contributed by atoms with Crippen LogP contribution < -0.4 is 5.32 Å². The highest BCUT2D eigenvalue weighted by Gasteiger charge is 2.36. The summed E-state index contributed by atoms with van der Waals surface area (Å²) in [6.07, 6.45) is 4.93. The quantitative estimate of drug-likeness (QED) is 0.820. The van der Waals surface area contributed by atoms with Crippen molar-refractivity contribution in [2.24, 2.45) is 5.92 Å². The average molecular weight is 326 g/mol. The van der Waals surface area contributed by atoms with Crippen molar-refractivity contribution in [3.05, 3.63) is 41.8 Å². The van der Waals surface area contributed by atoms with Crippen LogP contribution in [0.25, 0.3) is 11.5 Å². The standard InChI is InChI=1S/C19H22N2O3/c22-11-10-15(12-6-7-12)20-18(23)16-17(13-8-9-13)24-19(21-16)14-4-2-1-3-5-14/h1-5,12-13,15,22H,6-11H2,(H,20,23). The highest BCUT2D eigenvalue weighted by atomic mass is 16.4. The topological polar surface area (TPSA) is 75.4 Å². The lowest BCUT2D eigenvalue weighted by Crippen LogP contribution is -2.37. The van der Waals surface area contributed by atoms with Gasteiger partial charge in [0.1, 0.15) is 5.76 Å². The predicted molar refractivity (Wildman–Crippen MR) is 89.6 cm³/mol. The van der Waals surface area contributed by atoms with Gasteiger partial charge in [-0.1, -0.05) is 18.2 Å². The Morgan fingerprint density at radius 1 is 1.25 bits per heavy atom. The molecule has 1 aromatic heterocycles. The van der Waals surface area contributed by atoms with Crippen molar-refractivity contribution in [1.29, 1.82) is 0 Å². The molecular weight excluding hydrogens is 304 g/mol. The maximum absolute atomic E-state index is 12.7. The molecule has 24 heavy (non-hydrogen) atoms. The van der Waals surface area contributed by atoms with Gasteiger partial charge in [-0.15, -0.1) is 0 Å². The minimum Gasteiger partial charge on any atom is -0.440 e. The zero-order chi connectivity index (χ0) is 16.5. The zero-order valence-corrected chi connectivity index (χ0v) is 13.6. The van der Waals surface area contributed by atoms with E-state index in [1.54, 1.807) is 0 Å². The molecule has 2 saturated carbocycles.